The molecule has 0 aromatic heterocycles. The lowest BCUT2D eigenvalue weighted by molar-refractivity contribution is 0.676. The van der Waals surface area contributed by atoms with Crippen LogP contribution >= 0.6 is 11.6 Å². The molecule has 0 heterocycles. The Morgan fingerprint density at radius 3 is 2.93 bits per heavy atom. The molecule has 14 heavy (non-hydrogen) atoms. The summed E-state index contributed by atoms with van der Waals surface area (Å²) in [6.45, 7) is 1.55. The molecule has 78 valence electrons. The van der Waals surface area contributed by atoms with Crippen molar-refractivity contribution in [2.75, 3.05) is 18.6 Å². The summed E-state index contributed by atoms with van der Waals surface area (Å²) in [6.07, 6.45) is 1.71. The fraction of sp³-hybridized carbons (Fsp3) is 0.400. The zero-order valence-electron chi connectivity index (χ0n) is 8.13. The van der Waals surface area contributed by atoms with Crippen molar-refractivity contribution in [3.8, 4) is 0 Å². The largest absolute Gasteiger partial charge is 0.312 e. The fourth-order valence-corrected chi connectivity index (χ4v) is 1.74. The average Bonchev–Trinajstić information content (AvgIpc) is 2.12. The van der Waals surface area contributed by atoms with Gasteiger partial charge in [0.05, 0.1) is 0 Å². The predicted octanol–water partition coefficient (Wildman–Crippen LogP) is 1.81. The molecule has 0 radical (unpaired) electrons. The number of hydrogen-bond donors (Lipinski definition) is 1. The van der Waals surface area contributed by atoms with Gasteiger partial charge >= 0.3 is 0 Å². The second kappa shape index (κ2) is 6.17. The molecule has 0 saturated carbocycles. The van der Waals surface area contributed by atoms with Gasteiger partial charge in [0.15, 0.2) is 0 Å². The Bertz CT molecular complexity index is 317. The fourth-order valence-electron chi connectivity index (χ4n) is 1.10. The Hall–Kier alpha value is -0.380. The molecule has 0 aliphatic carbocycles. The van der Waals surface area contributed by atoms with E-state index in [1.807, 2.05) is 24.3 Å². The highest BCUT2D eigenvalue weighted by molar-refractivity contribution is 7.84. The third-order valence-corrected chi connectivity index (χ3v) is 2.80. The highest BCUT2D eigenvalue weighted by Gasteiger charge is 1.94. The standard InChI is InChI=1S/C10H14ClNOS/c1-14(13)6-5-12-8-9-3-2-4-10(11)7-9/h2-4,7,12H,5-6,8H2,1H3. The maximum atomic E-state index is 10.8. The maximum absolute atomic E-state index is 10.8. The van der Waals surface area contributed by atoms with E-state index in [4.69, 9.17) is 11.6 Å². The third kappa shape index (κ3) is 4.74. The summed E-state index contributed by atoms with van der Waals surface area (Å²) in [6, 6.07) is 7.72. The minimum Gasteiger partial charge on any atom is -0.312 e. The van der Waals surface area contributed by atoms with Crippen LogP contribution in [0, 0.1) is 0 Å². The number of benzene rings is 1. The number of hydrogen-bond acceptors (Lipinski definition) is 2. The van der Waals surface area contributed by atoms with Gasteiger partial charge in [-0.2, -0.15) is 0 Å². The Labute approximate surface area is 92.1 Å². The van der Waals surface area contributed by atoms with Crippen LogP contribution in [0.4, 0.5) is 0 Å². The lowest BCUT2D eigenvalue weighted by Crippen LogP contribution is -2.19. The van der Waals surface area contributed by atoms with Gasteiger partial charge in [0.1, 0.15) is 0 Å². The van der Waals surface area contributed by atoms with E-state index in [2.05, 4.69) is 5.32 Å². The van der Waals surface area contributed by atoms with Crippen molar-refractivity contribution in [3.63, 3.8) is 0 Å². The lowest BCUT2D eigenvalue weighted by Gasteiger charge is -2.03. The average molecular weight is 232 g/mol. The topological polar surface area (TPSA) is 29.1 Å². The van der Waals surface area contributed by atoms with Gasteiger partial charge in [-0.15, -0.1) is 0 Å². The Kier molecular flexibility index (Phi) is 5.15. The smallest absolute Gasteiger partial charge is 0.0409 e. The highest BCUT2D eigenvalue weighted by atomic mass is 35.5. The highest BCUT2D eigenvalue weighted by Crippen LogP contribution is 2.09. The monoisotopic (exact) mass is 231 g/mol. The van der Waals surface area contributed by atoms with Crippen LogP contribution in [0.3, 0.4) is 0 Å². The zero-order chi connectivity index (χ0) is 10.4. The summed E-state index contributed by atoms with van der Waals surface area (Å²) in [4.78, 5) is 0. The number of rotatable bonds is 5. The van der Waals surface area contributed by atoms with Gasteiger partial charge in [-0.1, -0.05) is 23.7 Å². The molecule has 4 heteroatoms. The van der Waals surface area contributed by atoms with Gasteiger partial charge < -0.3 is 5.32 Å². The molecular formula is C10H14ClNOS. The molecule has 1 aromatic carbocycles. The van der Waals surface area contributed by atoms with E-state index in [-0.39, 0.29) is 0 Å². The molecule has 1 aromatic rings. The van der Waals surface area contributed by atoms with E-state index in [1.54, 1.807) is 6.26 Å². The van der Waals surface area contributed by atoms with Gasteiger partial charge in [-0.05, 0) is 17.7 Å². The molecule has 0 saturated heterocycles. The van der Waals surface area contributed by atoms with E-state index < -0.39 is 10.8 Å². The van der Waals surface area contributed by atoms with E-state index in [9.17, 15) is 4.21 Å². The summed E-state index contributed by atoms with van der Waals surface area (Å²) in [7, 11) is -0.716. The molecule has 0 fully saturated rings. The normalized spacial score (nSPS) is 12.7. The van der Waals surface area contributed by atoms with E-state index in [0.717, 1.165) is 23.7 Å². The zero-order valence-corrected chi connectivity index (χ0v) is 9.70. The van der Waals surface area contributed by atoms with Crippen molar-refractivity contribution < 1.29 is 4.21 Å². The van der Waals surface area contributed by atoms with Crippen LogP contribution in [-0.2, 0) is 17.3 Å². The Balaban J connectivity index is 2.28. The molecule has 0 spiro atoms. The number of halogens is 1. The summed E-state index contributed by atoms with van der Waals surface area (Å²) >= 11 is 5.83. The second-order valence-corrected chi connectivity index (χ2v) is 5.08. The van der Waals surface area contributed by atoms with Crippen molar-refractivity contribution in [2.45, 2.75) is 6.54 Å². The van der Waals surface area contributed by atoms with E-state index in [0.29, 0.717) is 5.75 Å². The quantitative estimate of drug-likeness (QED) is 0.784. The van der Waals surface area contributed by atoms with Crippen molar-refractivity contribution >= 4 is 22.4 Å². The molecule has 0 aliphatic rings. The first-order valence-electron chi connectivity index (χ1n) is 4.43. The van der Waals surface area contributed by atoms with Crippen LogP contribution in [0.2, 0.25) is 5.02 Å². The van der Waals surface area contributed by atoms with Gasteiger partial charge in [-0.3, -0.25) is 4.21 Å². The molecule has 0 bridgehead atoms. The third-order valence-electron chi connectivity index (χ3n) is 1.78. The van der Waals surface area contributed by atoms with Gasteiger partial charge in [-0.25, -0.2) is 0 Å². The van der Waals surface area contributed by atoms with Gasteiger partial charge in [0.25, 0.3) is 0 Å². The molecular weight excluding hydrogens is 218 g/mol. The summed E-state index contributed by atoms with van der Waals surface area (Å²) in [5.41, 5.74) is 1.15. The summed E-state index contributed by atoms with van der Waals surface area (Å²) < 4.78 is 10.8. The Morgan fingerprint density at radius 2 is 2.29 bits per heavy atom. The minimum atomic E-state index is -0.716. The molecule has 1 rings (SSSR count). The van der Waals surface area contributed by atoms with E-state index >= 15 is 0 Å². The summed E-state index contributed by atoms with van der Waals surface area (Å²) in [5.74, 6) is 0.695. The molecule has 0 amide bonds. The van der Waals surface area contributed by atoms with Crippen LogP contribution in [0.25, 0.3) is 0 Å². The maximum Gasteiger partial charge on any atom is 0.0409 e. The molecule has 2 nitrogen and oxygen atoms in total. The molecule has 1 N–H and O–H groups in total. The first-order valence-corrected chi connectivity index (χ1v) is 6.54. The second-order valence-electron chi connectivity index (χ2n) is 3.08. The number of nitrogens with one attached hydrogen (secondary N) is 1. The van der Waals surface area contributed by atoms with Crippen molar-refractivity contribution in [1.82, 2.24) is 5.32 Å². The van der Waals surface area contributed by atoms with E-state index in [1.165, 1.54) is 0 Å². The van der Waals surface area contributed by atoms with Crippen LogP contribution < -0.4 is 5.32 Å². The van der Waals surface area contributed by atoms with Crippen LogP contribution in [0.15, 0.2) is 24.3 Å². The predicted molar refractivity (Wildman–Crippen MR) is 62.1 cm³/mol. The van der Waals surface area contributed by atoms with Crippen molar-refractivity contribution in [3.05, 3.63) is 34.9 Å². The van der Waals surface area contributed by atoms with Crippen LogP contribution in [-0.4, -0.2) is 22.8 Å². The first-order chi connectivity index (χ1) is 6.68. The SMILES string of the molecule is CS(=O)CCNCc1cccc(Cl)c1. The van der Waals surface area contributed by atoms with Crippen LogP contribution in [0.5, 0.6) is 0 Å². The van der Waals surface area contributed by atoms with Gasteiger partial charge in [0.2, 0.25) is 0 Å². The molecule has 0 aliphatic heterocycles. The van der Waals surface area contributed by atoms with Crippen molar-refractivity contribution in [2.24, 2.45) is 0 Å². The molecule has 1 unspecified atom stereocenters. The Morgan fingerprint density at radius 1 is 1.50 bits per heavy atom. The van der Waals surface area contributed by atoms with Crippen LogP contribution in [0.1, 0.15) is 5.56 Å². The minimum absolute atomic E-state index is 0.695. The first kappa shape index (κ1) is 11.7. The van der Waals surface area contributed by atoms with Crippen molar-refractivity contribution in [1.29, 1.82) is 0 Å². The lowest BCUT2D eigenvalue weighted by atomic mass is 10.2. The molecule has 1 atom stereocenters. The van der Waals surface area contributed by atoms with Gasteiger partial charge in [0, 0.05) is 40.9 Å². The summed E-state index contributed by atoms with van der Waals surface area (Å²) in [5, 5.41) is 3.96.